The van der Waals surface area contributed by atoms with Crippen molar-refractivity contribution in [3.05, 3.63) is 0 Å². The average molecular weight is 267 g/mol. The highest BCUT2D eigenvalue weighted by molar-refractivity contribution is 4.93. The van der Waals surface area contributed by atoms with E-state index in [2.05, 4.69) is 32.6 Å². The lowest BCUT2D eigenvalue weighted by Gasteiger charge is -2.46. The molecule has 0 heterocycles. The van der Waals surface area contributed by atoms with E-state index in [4.69, 9.17) is 0 Å². The van der Waals surface area contributed by atoms with Crippen LogP contribution in [0, 0.1) is 11.3 Å². The van der Waals surface area contributed by atoms with Gasteiger partial charge in [-0.2, -0.15) is 0 Å². The lowest BCUT2D eigenvalue weighted by Crippen LogP contribution is -2.52. The number of aliphatic hydroxyl groups excluding tert-OH is 1. The van der Waals surface area contributed by atoms with Gasteiger partial charge in [0.1, 0.15) is 0 Å². The molecule has 0 spiro atoms. The Morgan fingerprint density at radius 1 is 1.05 bits per heavy atom. The Bertz CT molecular complexity index is 277. The van der Waals surface area contributed by atoms with Gasteiger partial charge < -0.3 is 5.11 Å². The Balaban J connectivity index is 2.06. The van der Waals surface area contributed by atoms with Gasteiger partial charge >= 0.3 is 0 Å². The maximum absolute atomic E-state index is 10.5. The number of likely N-dealkylation sites (N-methyl/N-ethyl adjacent to an activating group) is 1. The van der Waals surface area contributed by atoms with Crippen LogP contribution in [0.15, 0.2) is 0 Å². The standard InChI is InChI=1S/C17H33NO/c1-5-18(14-8-6-7-9-14)15-12-13(17(2,3)4)10-11-16(15)19/h13-16,19H,5-12H2,1-4H3. The van der Waals surface area contributed by atoms with Crippen molar-refractivity contribution in [3.63, 3.8) is 0 Å². The summed E-state index contributed by atoms with van der Waals surface area (Å²) in [5.74, 6) is 0.761. The first-order chi connectivity index (χ1) is 8.93. The van der Waals surface area contributed by atoms with Crippen molar-refractivity contribution in [2.45, 2.75) is 90.8 Å². The zero-order valence-corrected chi connectivity index (χ0v) is 13.4. The second-order valence-electron chi connectivity index (χ2n) is 7.78. The number of hydrogen-bond acceptors (Lipinski definition) is 2. The van der Waals surface area contributed by atoms with E-state index in [9.17, 15) is 5.11 Å². The third kappa shape index (κ3) is 3.52. The van der Waals surface area contributed by atoms with E-state index in [1.807, 2.05) is 0 Å². The van der Waals surface area contributed by atoms with Crippen LogP contribution in [0.4, 0.5) is 0 Å². The summed E-state index contributed by atoms with van der Waals surface area (Å²) in [5.41, 5.74) is 0.382. The van der Waals surface area contributed by atoms with Gasteiger partial charge in [0.15, 0.2) is 0 Å². The minimum atomic E-state index is -0.0980. The third-order valence-electron chi connectivity index (χ3n) is 5.59. The SMILES string of the molecule is CCN(C1CCCC1)C1CC(C(C)(C)C)CCC1O. The van der Waals surface area contributed by atoms with Crippen LogP contribution in [-0.4, -0.2) is 34.7 Å². The highest BCUT2D eigenvalue weighted by Crippen LogP contribution is 2.40. The molecule has 3 atom stereocenters. The highest BCUT2D eigenvalue weighted by Gasteiger charge is 2.39. The van der Waals surface area contributed by atoms with Crippen LogP contribution in [-0.2, 0) is 0 Å². The molecule has 2 rings (SSSR count). The molecule has 2 aliphatic rings. The van der Waals surface area contributed by atoms with Gasteiger partial charge in [0, 0.05) is 12.1 Å². The Kier molecular flexibility index (Phi) is 4.94. The highest BCUT2D eigenvalue weighted by atomic mass is 16.3. The van der Waals surface area contributed by atoms with E-state index in [-0.39, 0.29) is 6.10 Å². The molecule has 112 valence electrons. The first-order valence-electron chi connectivity index (χ1n) is 8.37. The molecule has 0 bridgehead atoms. The first-order valence-corrected chi connectivity index (χ1v) is 8.37. The quantitative estimate of drug-likeness (QED) is 0.840. The molecule has 1 N–H and O–H groups in total. The lowest BCUT2D eigenvalue weighted by atomic mass is 9.69. The lowest BCUT2D eigenvalue weighted by molar-refractivity contribution is -0.0306. The van der Waals surface area contributed by atoms with Crippen LogP contribution >= 0.6 is 0 Å². The first kappa shape index (κ1) is 15.3. The van der Waals surface area contributed by atoms with Gasteiger partial charge in [0.05, 0.1) is 6.10 Å². The van der Waals surface area contributed by atoms with Crippen molar-refractivity contribution < 1.29 is 5.11 Å². The Labute approximate surface area is 119 Å². The number of aliphatic hydroxyl groups is 1. The summed E-state index contributed by atoms with van der Waals surface area (Å²) >= 11 is 0. The van der Waals surface area contributed by atoms with Crippen molar-refractivity contribution in [2.24, 2.45) is 11.3 Å². The zero-order chi connectivity index (χ0) is 14.0. The van der Waals surface area contributed by atoms with Crippen LogP contribution < -0.4 is 0 Å². The molecule has 0 radical (unpaired) electrons. The minimum absolute atomic E-state index is 0.0980. The van der Waals surface area contributed by atoms with Gasteiger partial charge in [-0.3, -0.25) is 4.90 Å². The molecular weight excluding hydrogens is 234 g/mol. The van der Waals surface area contributed by atoms with Crippen LogP contribution in [0.5, 0.6) is 0 Å². The molecule has 0 aromatic carbocycles. The van der Waals surface area contributed by atoms with Crippen LogP contribution in [0.2, 0.25) is 0 Å². The van der Waals surface area contributed by atoms with E-state index in [0.29, 0.717) is 11.5 Å². The van der Waals surface area contributed by atoms with Crippen molar-refractivity contribution in [3.8, 4) is 0 Å². The van der Waals surface area contributed by atoms with Gasteiger partial charge in [-0.15, -0.1) is 0 Å². The Morgan fingerprint density at radius 2 is 1.68 bits per heavy atom. The van der Waals surface area contributed by atoms with E-state index in [1.165, 1.54) is 38.5 Å². The topological polar surface area (TPSA) is 23.5 Å². The van der Waals surface area contributed by atoms with Crippen LogP contribution in [0.3, 0.4) is 0 Å². The molecule has 2 saturated carbocycles. The minimum Gasteiger partial charge on any atom is -0.391 e. The van der Waals surface area contributed by atoms with E-state index < -0.39 is 0 Å². The maximum atomic E-state index is 10.5. The molecule has 0 aromatic rings. The fraction of sp³-hybridized carbons (Fsp3) is 1.00. The second kappa shape index (κ2) is 6.13. The van der Waals surface area contributed by atoms with Gasteiger partial charge in [0.25, 0.3) is 0 Å². The average Bonchev–Trinajstić information content (AvgIpc) is 2.84. The Hall–Kier alpha value is -0.0800. The summed E-state index contributed by atoms with van der Waals surface area (Å²) in [7, 11) is 0. The van der Waals surface area contributed by atoms with E-state index >= 15 is 0 Å². The van der Waals surface area contributed by atoms with Crippen molar-refractivity contribution in [1.82, 2.24) is 4.90 Å². The smallest absolute Gasteiger partial charge is 0.0695 e. The predicted octanol–water partition coefficient (Wildman–Crippen LogP) is 3.83. The summed E-state index contributed by atoms with van der Waals surface area (Å²) in [4.78, 5) is 2.63. The monoisotopic (exact) mass is 267 g/mol. The maximum Gasteiger partial charge on any atom is 0.0695 e. The van der Waals surface area contributed by atoms with E-state index in [1.54, 1.807) is 0 Å². The van der Waals surface area contributed by atoms with Gasteiger partial charge in [-0.05, 0) is 50.0 Å². The van der Waals surface area contributed by atoms with Crippen LogP contribution in [0.1, 0.15) is 72.6 Å². The molecule has 0 aliphatic heterocycles. The van der Waals surface area contributed by atoms with Crippen molar-refractivity contribution >= 4 is 0 Å². The normalized spacial score (nSPS) is 34.1. The van der Waals surface area contributed by atoms with Gasteiger partial charge in [-0.1, -0.05) is 40.5 Å². The van der Waals surface area contributed by atoms with Gasteiger partial charge in [-0.25, -0.2) is 0 Å². The predicted molar refractivity (Wildman–Crippen MR) is 81.2 cm³/mol. The van der Waals surface area contributed by atoms with Crippen molar-refractivity contribution in [1.29, 1.82) is 0 Å². The molecule has 19 heavy (non-hydrogen) atoms. The largest absolute Gasteiger partial charge is 0.391 e. The van der Waals surface area contributed by atoms with Gasteiger partial charge in [0.2, 0.25) is 0 Å². The second-order valence-corrected chi connectivity index (χ2v) is 7.78. The molecule has 0 saturated heterocycles. The summed E-state index contributed by atoms with van der Waals surface area (Å²) in [6.45, 7) is 10.4. The third-order valence-corrected chi connectivity index (χ3v) is 5.59. The molecule has 2 heteroatoms. The summed E-state index contributed by atoms with van der Waals surface area (Å²) < 4.78 is 0. The molecule has 2 fully saturated rings. The molecular formula is C17H33NO. The molecule has 3 unspecified atom stereocenters. The number of rotatable bonds is 3. The van der Waals surface area contributed by atoms with Crippen LogP contribution in [0.25, 0.3) is 0 Å². The Morgan fingerprint density at radius 3 is 2.21 bits per heavy atom. The molecule has 2 nitrogen and oxygen atoms in total. The molecule has 0 aromatic heterocycles. The van der Waals surface area contributed by atoms with Crippen molar-refractivity contribution in [2.75, 3.05) is 6.54 Å². The molecule has 0 amide bonds. The fourth-order valence-electron chi connectivity index (χ4n) is 4.27. The van der Waals surface area contributed by atoms with E-state index in [0.717, 1.165) is 24.9 Å². The number of nitrogens with zero attached hydrogens (tertiary/aromatic N) is 1. The number of hydrogen-bond donors (Lipinski definition) is 1. The molecule has 2 aliphatic carbocycles. The summed E-state index contributed by atoms with van der Waals surface area (Å²) in [6.07, 6.45) is 8.74. The fourth-order valence-corrected chi connectivity index (χ4v) is 4.27. The zero-order valence-electron chi connectivity index (χ0n) is 13.4. The summed E-state index contributed by atoms with van der Waals surface area (Å²) in [5, 5.41) is 10.5. The summed E-state index contributed by atoms with van der Waals surface area (Å²) in [6, 6.07) is 1.15.